The number of halogens is 1. The fourth-order valence-corrected chi connectivity index (χ4v) is 3.21. The van der Waals surface area contributed by atoms with Crippen LogP contribution >= 0.6 is 15.9 Å². The van der Waals surface area contributed by atoms with Crippen LogP contribution in [0.4, 0.5) is 4.79 Å². The predicted molar refractivity (Wildman–Crippen MR) is 118 cm³/mol. The van der Waals surface area contributed by atoms with Gasteiger partial charge in [-0.05, 0) is 67.9 Å². The van der Waals surface area contributed by atoms with Crippen molar-refractivity contribution < 1.29 is 19.1 Å². The number of methoxy groups -OCH3 is 1. The number of hydrogen-bond acceptors (Lipinski definition) is 5. The van der Waals surface area contributed by atoms with Crippen LogP contribution in [-0.4, -0.2) is 54.9 Å². The Bertz CT molecular complexity index is 926. The van der Waals surface area contributed by atoms with E-state index in [0.29, 0.717) is 5.75 Å². The van der Waals surface area contributed by atoms with Crippen molar-refractivity contribution in [2.75, 3.05) is 20.3 Å². The molecule has 0 radical (unpaired) electrons. The molecule has 0 bridgehead atoms. The average molecular weight is 474 g/mol. The van der Waals surface area contributed by atoms with Crippen molar-refractivity contribution in [3.63, 3.8) is 0 Å². The second kappa shape index (κ2) is 9.30. The van der Waals surface area contributed by atoms with E-state index >= 15 is 0 Å². The topological polar surface area (TPSA) is 80.2 Å². The van der Waals surface area contributed by atoms with Crippen LogP contribution in [0.5, 0.6) is 11.5 Å². The Labute approximate surface area is 184 Å². The summed E-state index contributed by atoms with van der Waals surface area (Å²) in [7, 11) is 1.61. The number of carbonyl (C=O) groups is 2. The van der Waals surface area contributed by atoms with E-state index in [1.165, 1.54) is 4.90 Å². The van der Waals surface area contributed by atoms with E-state index in [2.05, 4.69) is 26.2 Å². The van der Waals surface area contributed by atoms with E-state index in [1.54, 1.807) is 27.2 Å². The van der Waals surface area contributed by atoms with E-state index in [1.807, 2.05) is 48.5 Å². The molecule has 1 aliphatic heterocycles. The van der Waals surface area contributed by atoms with Gasteiger partial charge in [0.05, 0.1) is 13.7 Å². The van der Waals surface area contributed by atoms with Gasteiger partial charge in [-0.2, -0.15) is 0 Å². The second-order valence-electron chi connectivity index (χ2n) is 7.44. The number of urea groups is 1. The summed E-state index contributed by atoms with van der Waals surface area (Å²) in [5.74, 6) is 1.16. The molecule has 2 aromatic rings. The van der Waals surface area contributed by atoms with Crippen molar-refractivity contribution in [1.29, 1.82) is 0 Å². The standard InChI is InChI=1S/C22H24BrN3O4/c1-22(2)20(27)26(21(28)25-22)13-17(14-30-19-10-6-16(23)7-11-19)24-12-15-4-8-18(29-3)9-5-15/h4-12,17H,13-14H2,1-3H3,(H,25,28)/t17-/m0/s1. The Morgan fingerprint density at radius 2 is 1.73 bits per heavy atom. The zero-order chi connectivity index (χ0) is 21.7. The molecule has 3 amide bonds. The summed E-state index contributed by atoms with van der Waals surface area (Å²) in [6, 6.07) is 14.0. The lowest BCUT2D eigenvalue weighted by Crippen LogP contribution is -2.42. The van der Waals surface area contributed by atoms with E-state index in [0.717, 1.165) is 15.8 Å². The zero-order valence-corrected chi connectivity index (χ0v) is 18.7. The van der Waals surface area contributed by atoms with Crippen molar-refractivity contribution in [3.05, 3.63) is 58.6 Å². The molecule has 0 spiro atoms. The van der Waals surface area contributed by atoms with Crippen LogP contribution < -0.4 is 14.8 Å². The zero-order valence-electron chi connectivity index (χ0n) is 17.1. The number of nitrogens with zero attached hydrogens (tertiary/aromatic N) is 2. The SMILES string of the molecule is COc1ccc(C=N[C@H](COc2ccc(Br)cc2)CN2C(=O)NC(C)(C)C2=O)cc1. The molecule has 3 rings (SSSR count). The molecular weight excluding hydrogens is 450 g/mol. The minimum atomic E-state index is -0.923. The van der Waals surface area contributed by atoms with Gasteiger partial charge < -0.3 is 14.8 Å². The third-order valence-electron chi connectivity index (χ3n) is 4.64. The van der Waals surface area contributed by atoms with Crippen LogP contribution in [0.3, 0.4) is 0 Å². The van der Waals surface area contributed by atoms with Crippen LogP contribution in [0.15, 0.2) is 58.0 Å². The van der Waals surface area contributed by atoms with Crippen LogP contribution in [-0.2, 0) is 4.79 Å². The molecule has 0 saturated carbocycles. The number of benzene rings is 2. The Morgan fingerprint density at radius 3 is 2.30 bits per heavy atom. The van der Waals surface area contributed by atoms with E-state index < -0.39 is 17.6 Å². The molecule has 1 atom stereocenters. The summed E-state index contributed by atoms with van der Waals surface area (Å²) in [4.78, 5) is 30.6. The van der Waals surface area contributed by atoms with Crippen molar-refractivity contribution in [1.82, 2.24) is 10.2 Å². The van der Waals surface area contributed by atoms with Crippen molar-refractivity contribution in [2.24, 2.45) is 4.99 Å². The van der Waals surface area contributed by atoms with Crippen molar-refractivity contribution in [3.8, 4) is 11.5 Å². The smallest absolute Gasteiger partial charge is 0.325 e. The Balaban J connectivity index is 1.74. The predicted octanol–water partition coefficient (Wildman–Crippen LogP) is 3.65. The van der Waals surface area contributed by atoms with Crippen LogP contribution in [0.1, 0.15) is 19.4 Å². The molecule has 7 nitrogen and oxygen atoms in total. The van der Waals surface area contributed by atoms with Crippen LogP contribution in [0.25, 0.3) is 0 Å². The molecule has 0 unspecified atom stereocenters. The summed E-state index contributed by atoms with van der Waals surface area (Å²) in [5.41, 5.74) is -0.0459. The highest BCUT2D eigenvalue weighted by atomic mass is 79.9. The quantitative estimate of drug-likeness (QED) is 0.468. The maximum absolute atomic E-state index is 12.6. The lowest BCUT2D eigenvalue weighted by atomic mass is 10.1. The molecule has 158 valence electrons. The Hall–Kier alpha value is -2.87. The molecular formula is C22H24BrN3O4. The number of imide groups is 1. The van der Waals surface area contributed by atoms with Gasteiger partial charge in [0, 0.05) is 10.7 Å². The maximum Gasteiger partial charge on any atom is 0.325 e. The van der Waals surface area contributed by atoms with Gasteiger partial charge >= 0.3 is 6.03 Å². The maximum atomic E-state index is 12.6. The number of aliphatic imine (C=N–C) groups is 1. The van der Waals surface area contributed by atoms with Gasteiger partial charge in [0.2, 0.25) is 0 Å². The number of hydrogen-bond donors (Lipinski definition) is 1. The molecule has 30 heavy (non-hydrogen) atoms. The van der Waals surface area contributed by atoms with E-state index in [4.69, 9.17) is 9.47 Å². The Kier molecular flexibility index (Phi) is 6.77. The van der Waals surface area contributed by atoms with Crippen LogP contribution in [0.2, 0.25) is 0 Å². The molecule has 1 aliphatic rings. The van der Waals surface area contributed by atoms with Gasteiger partial charge in [-0.15, -0.1) is 0 Å². The number of ether oxygens (including phenoxy) is 2. The lowest BCUT2D eigenvalue weighted by molar-refractivity contribution is -0.130. The summed E-state index contributed by atoms with van der Waals surface area (Å²) in [6.07, 6.45) is 1.71. The van der Waals surface area contributed by atoms with Crippen molar-refractivity contribution in [2.45, 2.75) is 25.4 Å². The largest absolute Gasteiger partial charge is 0.497 e. The van der Waals surface area contributed by atoms with Crippen LogP contribution in [0, 0.1) is 0 Å². The molecule has 1 saturated heterocycles. The third kappa shape index (κ3) is 5.38. The minimum absolute atomic E-state index is 0.122. The highest BCUT2D eigenvalue weighted by molar-refractivity contribution is 9.10. The summed E-state index contributed by atoms with van der Waals surface area (Å²) < 4.78 is 12.0. The molecule has 0 aromatic heterocycles. The fraction of sp³-hybridized carbons (Fsp3) is 0.318. The number of carbonyl (C=O) groups excluding carboxylic acids is 2. The fourth-order valence-electron chi connectivity index (χ4n) is 2.94. The first-order valence-corrected chi connectivity index (χ1v) is 10.3. The molecule has 8 heteroatoms. The number of rotatable bonds is 8. The summed E-state index contributed by atoms with van der Waals surface area (Å²) in [6.45, 7) is 3.70. The van der Waals surface area contributed by atoms with Gasteiger partial charge in [0.15, 0.2) is 0 Å². The molecule has 1 heterocycles. The Morgan fingerprint density at radius 1 is 1.10 bits per heavy atom. The monoisotopic (exact) mass is 473 g/mol. The van der Waals surface area contributed by atoms with E-state index in [-0.39, 0.29) is 19.1 Å². The molecule has 0 aliphatic carbocycles. The molecule has 2 aromatic carbocycles. The molecule has 1 N–H and O–H groups in total. The lowest BCUT2D eigenvalue weighted by Gasteiger charge is -2.20. The van der Waals surface area contributed by atoms with Gasteiger partial charge in [-0.1, -0.05) is 15.9 Å². The third-order valence-corrected chi connectivity index (χ3v) is 5.17. The second-order valence-corrected chi connectivity index (χ2v) is 8.36. The molecule has 1 fully saturated rings. The summed E-state index contributed by atoms with van der Waals surface area (Å²) >= 11 is 3.39. The highest BCUT2D eigenvalue weighted by Gasteiger charge is 2.44. The number of amides is 3. The van der Waals surface area contributed by atoms with Gasteiger partial charge in [-0.25, -0.2) is 4.79 Å². The van der Waals surface area contributed by atoms with Gasteiger partial charge in [0.1, 0.15) is 29.7 Å². The first kappa shape index (κ1) is 21.8. The first-order valence-electron chi connectivity index (χ1n) is 9.48. The van der Waals surface area contributed by atoms with E-state index in [9.17, 15) is 9.59 Å². The van der Waals surface area contributed by atoms with Gasteiger partial charge in [-0.3, -0.25) is 14.7 Å². The van der Waals surface area contributed by atoms with Crippen molar-refractivity contribution >= 4 is 34.1 Å². The normalized spacial score (nSPS) is 16.6. The first-order chi connectivity index (χ1) is 14.3. The summed E-state index contributed by atoms with van der Waals surface area (Å²) in [5, 5.41) is 2.69. The average Bonchev–Trinajstić information content (AvgIpc) is 2.92. The highest BCUT2D eigenvalue weighted by Crippen LogP contribution is 2.19. The minimum Gasteiger partial charge on any atom is -0.497 e. The number of nitrogens with one attached hydrogen (secondary N) is 1. The van der Waals surface area contributed by atoms with Gasteiger partial charge in [0.25, 0.3) is 5.91 Å².